The zero-order valence-corrected chi connectivity index (χ0v) is 11.5. The molecule has 0 unspecified atom stereocenters. The summed E-state index contributed by atoms with van der Waals surface area (Å²) in [6.45, 7) is 1.85. The number of rotatable bonds is 4. The van der Waals surface area contributed by atoms with Crippen LogP contribution in [0.2, 0.25) is 0 Å². The van der Waals surface area contributed by atoms with Gasteiger partial charge < -0.3 is 5.32 Å². The van der Waals surface area contributed by atoms with E-state index < -0.39 is 14.9 Å². The van der Waals surface area contributed by atoms with Crippen LogP contribution in [0.1, 0.15) is 12.8 Å². The molecule has 0 atom stereocenters. The third kappa shape index (κ3) is 2.19. The van der Waals surface area contributed by atoms with Gasteiger partial charge in [-0.3, -0.25) is 10.1 Å². The maximum atomic E-state index is 12.2. The van der Waals surface area contributed by atoms with Crippen molar-refractivity contribution in [2.24, 2.45) is 5.41 Å². The van der Waals surface area contributed by atoms with Gasteiger partial charge in [-0.25, -0.2) is 13.1 Å². The highest BCUT2D eigenvalue weighted by molar-refractivity contribution is 7.89. The molecule has 1 aromatic rings. The first-order valence-electron chi connectivity index (χ1n) is 6.38. The van der Waals surface area contributed by atoms with Crippen LogP contribution in [0.15, 0.2) is 29.2 Å². The highest BCUT2D eigenvalue weighted by Gasteiger charge is 2.49. The minimum Gasteiger partial charge on any atom is -0.316 e. The smallest absolute Gasteiger partial charge is 0.289 e. The number of para-hydroxylation sites is 1. The second-order valence-electron chi connectivity index (χ2n) is 5.55. The summed E-state index contributed by atoms with van der Waals surface area (Å²) in [7, 11) is -3.84. The Morgan fingerprint density at radius 3 is 2.50 bits per heavy atom. The van der Waals surface area contributed by atoms with Gasteiger partial charge in [0.05, 0.1) is 4.92 Å². The number of nitrogens with zero attached hydrogens (tertiary/aromatic N) is 1. The van der Waals surface area contributed by atoms with Crippen molar-refractivity contribution in [3.63, 3.8) is 0 Å². The fourth-order valence-electron chi connectivity index (χ4n) is 2.95. The Bertz CT molecular complexity index is 646. The van der Waals surface area contributed by atoms with Crippen LogP contribution in [0.5, 0.6) is 0 Å². The van der Waals surface area contributed by atoms with E-state index in [-0.39, 0.29) is 22.0 Å². The molecule has 7 nitrogen and oxygen atoms in total. The van der Waals surface area contributed by atoms with Gasteiger partial charge in [-0.1, -0.05) is 12.1 Å². The molecule has 20 heavy (non-hydrogen) atoms. The van der Waals surface area contributed by atoms with Gasteiger partial charge in [0.2, 0.25) is 10.0 Å². The SMILES string of the molecule is O=[N+]([O-])c1ccccc1S(=O)(=O)NC1CC2(CNC2)C1. The number of hydrogen-bond acceptors (Lipinski definition) is 5. The number of nitro benzene ring substituents is 1. The average molecular weight is 297 g/mol. The van der Waals surface area contributed by atoms with E-state index in [0.717, 1.165) is 25.9 Å². The van der Waals surface area contributed by atoms with E-state index >= 15 is 0 Å². The minimum atomic E-state index is -3.84. The monoisotopic (exact) mass is 297 g/mol. The van der Waals surface area contributed by atoms with Crippen molar-refractivity contribution in [3.05, 3.63) is 34.4 Å². The Kier molecular flexibility index (Phi) is 3.03. The zero-order valence-electron chi connectivity index (χ0n) is 10.7. The molecule has 1 aromatic carbocycles. The highest BCUT2D eigenvalue weighted by atomic mass is 32.2. The molecule has 1 saturated carbocycles. The van der Waals surface area contributed by atoms with E-state index in [9.17, 15) is 18.5 Å². The molecule has 2 fully saturated rings. The summed E-state index contributed by atoms with van der Waals surface area (Å²) in [5.74, 6) is 0. The summed E-state index contributed by atoms with van der Waals surface area (Å²) in [6, 6.07) is 5.28. The van der Waals surface area contributed by atoms with E-state index in [0.29, 0.717) is 0 Å². The maximum absolute atomic E-state index is 12.2. The molecule has 3 rings (SSSR count). The van der Waals surface area contributed by atoms with Crippen molar-refractivity contribution >= 4 is 15.7 Å². The maximum Gasteiger partial charge on any atom is 0.289 e. The normalized spacial score (nSPS) is 21.2. The average Bonchev–Trinajstić information content (AvgIpc) is 2.31. The Morgan fingerprint density at radius 2 is 1.95 bits per heavy atom. The molecule has 2 N–H and O–H groups in total. The second-order valence-corrected chi connectivity index (χ2v) is 7.24. The number of nitro groups is 1. The summed E-state index contributed by atoms with van der Waals surface area (Å²) >= 11 is 0. The van der Waals surface area contributed by atoms with E-state index in [1.54, 1.807) is 0 Å². The predicted octanol–water partition coefficient (Wildman–Crippen LogP) is 0.625. The van der Waals surface area contributed by atoms with E-state index in [2.05, 4.69) is 10.0 Å². The van der Waals surface area contributed by atoms with Crippen LogP contribution in [-0.2, 0) is 10.0 Å². The predicted molar refractivity (Wildman–Crippen MR) is 71.7 cm³/mol. The topological polar surface area (TPSA) is 101 Å². The molecule has 1 saturated heterocycles. The van der Waals surface area contributed by atoms with Crippen molar-refractivity contribution in [1.82, 2.24) is 10.0 Å². The Morgan fingerprint density at radius 1 is 1.30 bits per heavy atom. The first-order valence-corrected chi connectivity index (χ1v) is 7.87. The van der Waals surface area contributed by atoms with E-state index in [1.807, 2.05) is 0 Å². The molecule has 1 aliphatic carbocycles. The molecule has 0 radical (unpaired) electrons. The third-order valence-corrected chi connectivity index (χ3v) is 5.60. The van der Waals surface area contributed by atoms with Crippen molar-refractivity contribution in [3.8, 4) is 0 Å². The standard InChI is InChI=1S/C12H15N3O4S/c16-15(17)10-3-1-2-4-11(10)20(18,19)14-9-5-12(6-9)7-13-8-12/h1-4,9,13-14H,5-8H2. The molecule has 0 aromatic heterocycles. The first-order chi connectivity index (χ1) is 9.42. The second kappa shape index (κ2) is 4.51. The lowest BCUT2D eigenvalue weighted by atomic mass is 9.62. The first kappa shape index (κ1) is 13.5. The van der Waals surface area contributed by atoms with Gasteiger partial charge in [-0.2, -0.15) is 0 Å². The van der Waals surface area contributed by atoms with Gasteiger partial charge in [0.25, 0.3) is 5.69 Å². The van der Waals surface area contributed by atoms with Crippen molar-refractivity contribution < 1.29 is 13.3 Å². The van der Waals surface area contributed by atoms with Gasteiger partial charge in [-0.15, -0.1) is 0 Å². The molecule has 0 amide bonds. The zero-order chi connectivity index (χ0) is 14.4. The van der Waals surface area contributed by atoms with Crippen molar-refractivity contribution in [1.29, 1.82) is 0 Å². The van der Waals surface area contributed by atoms with Gasteiger partial charge in [-0.05, 0) is 24.3 Å². The summed E-state index contributed by atoms with van der Waals surface area (Å²) in [5.41, 5.74) is -0.144. The molecular formula is C12H15N3O4S. The lowest BCUT2D eigenvalue weighted by molar-refractivity contribution is -0.387. The number of sulfonamides is 1. The van der Waals surface area contributed by atoms with E-state index in [4.69, 9.17) is 0 Å². The van der Waals surface area contributed by atoms with Crippen LogP contribution in [0.4, 0.5) is 5.69 Å². The third-order valence-electron chi connectivity index (χ3n) is 4.03. The summed E-state index contributed by atoms with van der Waals surface area (Å²) in [6.07, 6.45) is 1.58. The fraction of sp³-hybridized carbons (Fsp3) is 0.500. The number of hydrogen-bond donors (Lipinski definition) is 2. The van der Waals surface area contributed by atoms with Crippen LogP contribution in [0.3, 0.4) is 0 Å². The summed E-state index contributed by atoms with van der Waals surface area (Å²) in [4.78, 5) is 9.96. The molecule has 1 aliphatic heterocycles. The molecule has 2 aliphatic rings. The molecular weight excluding hydrogens is 282 g/mol. The fourth-order valence-corrected chi connectivity index (χ4v) is 4.36. The van der Waals surface area contributed by atoms with Crippen LogP contribution in [-0.4, -0.2) is 32.5 Å². The van der Waals surface area contributed by atoms with Crippen LogP contribution in [0.25, 0.3) is 0 Å². The van der Waals surface area contributed by atoms with Crippen LogP contribution in [0, 0.1) is 15.5 Å². The Balaban J connectivity index is 1.77. The Labute approximate surface area is 116 Å². The van der Waals surface area contributed by atoms with Gasteiger partial charge in [0.15, 0.2) is 4.90 Å². The van der Waals surface area contributed by atoms with Crippen LogP contribution >= 0.6 is 0 Å². The molecule has 8 heteroatoms. The van der Waals surface area contributed by atoms with Gasteiger partial charge in [0, 0.05) is 25.2 Å². The quantitative estimate of drug-likeness (QED) is 0.627. The largest absolute Gasteiger partial charge is 0.316 e. The number of nitrogens with one attached hydrogen (secondary N) is 2. The van der Waals surface area contributed by atoms with Crippen molar-refractivity contribution in [2.75, 3.05) is 13.1 Å². The molecule has 1 heterocycles. The molecule has 1 spiro atoms. The number of benzene rings is 1. The highest BCUT2D eigenvalue weighted by Crippen LogP contribution is 2.44. The van der Waals surface area contributed by atoms with Gasteiger partial charge in [0.1, 0.15) is 0 Å². The summed E-state index contributed by atoms with van der Waals surface area (Å²) < 4.78 is 27.1. The Hall–Kier alpha value is -1.51. The lowest BCUT2D eigenvalue weighted by Crippen LogP contribution is -2.65. The minimum absolute atomic E-state index is 0.123. The lowest BCUT2D eigenvalue weighted by Gasteiger charge is -2.54. The van der Waals surface area contributed by atoms with E-state index in [1.165, 1.54) is 24.3 Å². The summed E-state index contributed by atoms with van der Waals surface area (Å²) in [5, 5.41) is 14.1. The molecule has 108 valence electrons. The van der Waals surface area contributed by atoms with Crippen molar-refractivity contribution in [2.45, 2.75) is 23.8 Å². The van der Waals surface area contributed by atoms with Gasteiger partial charge >= 0.3 is 0 Å². The van der Waals surface area contributed by atoms with Crippen LogP contribution < -0.4 is 10.0 Å². The molecule has 0 bridgehead atoms.